The topological polar surface area (TPSA) is 113 Å². The highest BCUT2D eigenvalue weighted by Crippen LogP contribution is 2.23. The standard InChI is InChI=1S/C16H23N3O6S2/c1-26(21,22)19(12-16(20)17-13-2-3-13)14-4-6-15(7-5-14)27(23,24)18-8-10-25-11-9-18/h4-7,13H,2-3,8-12H2,1H3,(H,17,20). The normalized spacial score (nSPS) is 18.9. The molecule has 27 heavy (non-hydrogen) atoms. The summed E-state index contributed by atoms with van der Waals surface area (Å²) in [6.45, 7) is 0.900. The predicted octanol–water partition coefficient (Wildman–Crippen LogP) is -0.248. The molecule has 1 saturated heterocycles. The Morgan fingerprint density at radius 2 is 1.74 bits per heavy atom. The summed E-state index contributed by atoms with van der Waals surface area (Å²) in [5.41, 5.74) is 0.240. The fourth-order valence-corrected chi connectivity index (χ4v) is 5.02. The molecule has 1 N–H and O–H groups in total. The number of sulfonamides is 2. The molecule has 11 heteroatoms. The lowest BCUT2D eigenvalue weighted by Crippen LogP contribution is -2.41. The van der Waals surface area contributed by atoms with Crippen LogP contribution >= 0.6 is 0 Å². The van der Waals surface area contributed by atoms with Crippen molar-refractivity contribution in [2.75, 3.05) is 43.4 Å². The van der Waals surface area contributed by atoms with Crippen molar-refractivity contribution in [3.05, 3.63) is 24.3 Å². The smallest absolute Gasteiger partial charge is 0.243 e. The minimum Gasteiger partial charge on any atom is -0.379 e. The minimum absolute atomic E-state index is 0.0732. The molecule has 0 unspecified atom stereocenters. The molecule has 1 heterocycles. The lowest BCUT2D eigenvalue weighted by molar-refractivity contribution is -0.119. The van der Waals surface area contributed by atoms with Crippen molar-refractivity contribution in [1.29, 1.82) is 0 Å². The van der Waals surface area contributed by atoms with Crippen LogP contribution in [-0.2, 0) is 29.6 Å². The number of anilines is 1. The van der Waals surface area contributed by atoms with E-state index in [1.807, 2.05) is 0 Å². The molecule has 2 aliphatic rings. The molecule has 1 aliphatic carbocycles. The highest BCUT2D eigenvalue weighted by Gasteiger charge is 2.28. The Hall–Kier alpha value is -1.69. The average molecular weight is 418 g/mol. The van der Waals surface area contributed by atoms with Gasteiger partial charge in [-0.1, -0.05) is 0 Å². The summed E-state index contributed by atoms with van der Waals surface area (Å²) >= 11 is 0. The molecule has 1 aromatic rings. The van der Waals surface area contributed by atoms with Gasteiger partial charge in [0.15, 0.2) is 0 Å². The quantitative estimate of drug-likeness (QED) is 0.655. The second-order valence-electron chi connectivity index (χ2n) is 6.62. The molecule has 0 atom stereocenters. The maximum absolute atomic E-state index is 12.6. The Kier molecular flexibility index (Phi) is 5.75. The van der Waals surface area contributed by atoms with E-state index in [0.29, 0.717) is 13.2 Å². The van der Waals surface area contributed by atoms with Gasteiger partial charge in [-0.2, -0.15) is 4.31 Å². The summed E-state index contributed by atoms with van der Waals surface area (Å²) in [7, 11) is -7.37. The number of carbonyl (C=O) groups excluding carboxylic acids is 1. The zero-order valence-corrected chi connectivity index (χ0v) is 16.6. The first kappa shape index (κ1) is 20.1. The van der Waals surface area contributed by atoms with Gasteiger partial charge in [-0.05, 0) is 37.1 Å². The van der Waals surface area contributed by atoms with E-state index in [-0.39, 0.29) is 42.2 Å². The average Bonchev–Trinajstić information content (AvgIpc) is 3.43. The molecule has 1 saturated carbocycles. The van der Waals surface area contributed by atoms with E-state index in [2.05, 4.69) is 5.32 Å². The molecule has 0 aromatic heterocycles. The lowest BCUT2D eigenvalue weighted by atomic mass is 10.3. The highest BCUT2D eigenvalue weighted by atomic mass is 32.2. The number of carbonyl (C=O) groups is 1. The molecule has 150 valence electrons. The van der Waals surface area contributed by atoms with Gasteiger partial charge in [-0.3, -0.25) is 9.10 Å². The number of rotatable bonds is 7. The van der Waals surface area contributed by atoms with E-state index in [1.165, 1.54) is 28.6 Å². The van der Waals surface area contributed by atoms with Crippen LogP contribution in [0.25, 0.3) is 0 Å². The first-order chi connectivity index (χ1) is 12.7. The minimum atomic E-state index is -3.70. The monoisotopic (exact) mass is 417 g/mol. The fraction of sp³-hybridized carbons (Fsp3) is 0.562. The summed E-state index contributed by atoms with van der Waals surface area (Å²) in [5.74, 6) is -0.382. The van der Waals surface area contributed by atoms with E-state index < -0.39 is 20.0 Å². The van der Waals surface area contributed by atoms with Gasteiger partial charge in [0.1, 0.15) is 6.54 Å². The SMILES string of the molecule is CS(=O)(=O)N(CC(=O)NC1CC1)c1ccc(S(=O)(=O)N2CCOCC2)cc1. The van der Waals surface area contributed by atoms with Crippen molar-refractivity contribution in [1.82, 2.24) is 9.62 Å². The van der Waals surface area contributed by atoms with Gasteiger partial charge in [-0.25, -0.2) is 16.8 Å². The number of nitrogens with one attached hydrogen (secondary N) is 1. The summed E-state index contributed by atoms with van der Waals surface area (Å²) in [5, 5.41) is 2.75. The van der Waals surface area contributed by atoms with Crippen LogP contribution in [0.5, 0.6) is 0 Å². The van der Waals surface area contributed by atoms with Crippen LogP contribution in [0.1, 0.15) is 12.8 Å². The molecule has 9 nitrogen and oxygen atoms in total. The molecule has 2 fully saturated rings. The summed E-state index contributed by atoms with van der Waals surface area (Å²) < 4.78 is 57.0. The third-order valence-corrected chi connectivity index (χ3v) is 7.42. The van der Waals surface area contributed by atoms with Crippen molar-refractivity contribution in [2.45, 2.75) is 23.8 Å². The van der Waals surface area contributed by atoms with Crippen molar-refractivity contribution < 1.29 is 26.4 Å². The maximum Gasteiger partial charge on any atom is 0.243 e. The molecule has 0 bridgehead atoms. The second-order valence-corrected chi connectivity index (χ2v) is 10.5. The van der Waals surface area contributed by atoms with Crippen molar-refractivity contribution in [3.63, 3.8) is 0 Å². The Morgan fingerprint density at radius 3 is 2.26 bits per heavy atom. The number of hydrogen-bond acceptors (Lipinski definition) is 6. The van der Waals surface area contributed by atoms with Crippen LogP contribution in [0.3, 0.4) is 0 Å². The number of amides is 1. The first-order valence-corrected chi connectivity index (χ1v) is 11.9. The Labute approximate surface area is 159 Å². The molecular weight excluding hydrogens is 394 g/mol. The second kappa shape index (κ2) is 7.74. The Morgan fingerprint density at radius 1 is 1.15 bits per heavy atom. The predicted molar refractivity (Wildman–Crippen MR) is 99.4 cm³/mol. The van der Waals surface area contributed by atoms with Gasteiger partial charge in [0, 0.05) is 19.1 Å². The molecule has 0 spiro atoms. The van der Waals surface area contributed by atoms with E-state index in [4.69, 9.17) is 4.74 Å². The van der Waals surface area contributed by atoms with Crippen LogP contribution in [-0.4, -0.2) is 72.2 Å². The van der Waals surface area contributed by atoms with Gasteiger partial charge < -0.3 is 10.1 Å². The Balaban J connectivity index is 1.79. The van der Waals surface area contributed by atoms with E-state index in [1.54, 1.807) is 0 Å². The summed E-state index contributed by atoms with van der Waals surface area (Å²) in [4.78, 5) is 12.1. The summed E-state index contributed by atoms with van der Waals surface area (Å²) in [6.07, 6.45) is 2.81. The molecule has 3 rings (SSSR count). The van der Waals surface area contributed by atoms with Crippen molar-refractivity contribution in [3.8, 4) is 0 Å². The lowest BCUT2D eigenvalue weighted by Gasteiger charge is -2.26. The van der Waals surface area contributed by atoms with Crippen LogP contribution in [0.15, 0.2) is 29.2 Å². The largest absolute Gasteiger partial charge is 0.379 e. The number of benzene rings is 1. The van der Waals surface area contributed by atoms with Crippen LogP contribution in [0.4, 0.5) is 5.69 Å². The van der Waals surface area contributed by atoms with Crippen LogP contribution in [0, 0.1) is 0 Å². The van der Waals surface area contributed by atoms with Crippen LogP contribution in [0.2, 0.25) is 0 Å². The van der Waals surface area contributed by atoms with Gasteiger partial charge in [0.25, 0.3) is 0 Å². The third kappa shape index (κ3) is 4.98. The fourth-order valence-electron chi connectivity index (χ4n) is 2.75. The number of hydrogen-bond donors (Lipinski definition) is 1. The Bertz CT molecular complexity index is 889. The van der Waals surface area contributed by atoms with E-state index in [0.717, 1.165) is 23.4 Å². The number of morpholine rings is 1. The number of nitrogens with zero attached hydrogens (tertiary/aromatic N) is 2. The van der Waals surface area contributed by atoms with E-state index >= 15 is 0 Å². The zero-order chi connectivity index (χ0) is 19.7. The molecule has 1 aromatic carbocycles. The highest BCUT2D eigenvalue weighted by molar-refractivity contribution is 7.92. The maximum atomic E-state index is 12.6. The van der Waals surface area contributed by atoms with Gasteiger partial charge in [-0.15, -0.1) is 0 Å². The molecular formula is C16H23N3O6S2. The number of ether oxygens (including phenoxy) is 1. The van der Waals surface area contributed by atoms with Gasteiger partial charge in [0.2, 0.25) is 26.0 Å². The van der Waals surface area contributed by atoms with Gasteiger partial charge >= 0.3 is 0 Å². The molecule has 0 radical (unpaired) electrons. The van der Waals surface area contributed by atoms with Gasteiger partial charge in [0.05, 0.1) is 30.1 Å². The molecule has 1 amide bonds. The van der Waals surface area contributed by atoms with Crippen molar-refractivity contribution in [2.24, 2.45) is 0 Å². The summed E-state index contributed by atoms with van der Waals surface area (Å²) in [6, 6.07) is 5.64. The van der Waals surface area contributed by atoms with E-state index in [9.17, 15) is 21.6 Å². The zero-order valence-electron chi connectivity index (χ0n) is 15.0. The first-order valence-electron chi connectivity index (χ1n) is 8.63. The third-order valence-electron chi connectivity index (χ3n) is 4.36. The molecule has 1 aliphatic heterocycles. The van der Waals surface area contributed by atoms with Crippen molar-refractivity contribution >= 4 is 31.6 Å². The van der Waals surface area contributed by atoms with Crippen LogP contribution < -0.4 is 9.62 Å².